The number of hydrogen-bond donors (Lipinski definition) is 0. The predicted octanol–water partition coefficient (Wildman–Crippen LogP) is 4.12. The van der Waals surface area contributed by atoms with E-state index in [1.54, 1.807) is 25.6 Å². The molecule has 0 aliphatic carbocycles. The van der Waals surface area contributed by atoms with Crippen LogP contribution in [-0.4, -0.2) is 25.2 Å². The van der Waals surface area contributed by atoms with Gasteiger partial charge >= 0.3 is 5.97 Å². The molecule has 0 fully saturated rings. The van der Waals surface area contributed by atoms with E-state index in [0.29, 0.717) is 17.9 Å². The molecule has 5 heteroatoms. The number of aromatic nitrogens is 1. The van der Waals surface area contributed by atoms with E-state index in [2.05, 4.69) is 4.98 Å². The molecule has 0 aliphatic rings. The molecule has 3 rings (SSSR count). The van der Waals surface area contributed by atoms with Crippen LogP contribution in [-0.2, 0) is 11.3 Å². The van der Waals surface area contributed by atoms with Crippen LogP contribution in [0.2, 0.25) is 0 Å². The van der Waals surface area contributed by atoms with E-state index >= 15 is 0 Å². The van der Waals surface area contributed by atoms with Gasteiger partial charge in [-0.1, -0.05) is 18.2 Å². The maximum Gasteiger partial charge on any atom is 0.338 e. The van der Waals surface area contributed by atoms with E-state index < -0.39 is 0 Å². The highest BCUT2D eigenvalue weighted by atomic mass is 16.5. The van der Waals surface area contributed by atoms with Crippen LogP contribution in [0.15, 0.2) is 67.0 Å². The molecule has 0 aliphatic heterocycles. The van der Waals surface area contributed by atoms with Crippen LogP contribution >= 0.6 is 0 Å². The molecule has 1 aromatic heterocycles. The summed E-state index contributed by atoms with van der Waals surface area (Å²) in [6.07, 6.45) is 3.35. The van der Waals surface area contributed by atoms with Crippen molar-refractivity contribution in [1.82, 2.24) is 4.98 Å². The highest BCUT2D eigenvalue weighted by Crippen LogP contribution is 2.29. The van der Waals surface area contributed by atoms with Gasteiger partial charge in [0.15, 0.2) is 0 Å². The number of pyridine rings is 1. The molecule has 0 atom stereocenters. The number of carbonyl (C=O) groups excluding carboxylic acids is 1. The van der Waals surface area contributed by atoms with Crippen molar-refractivity contribution in [2.75, 3.05) is 14.2 Å². The normalized spacial score (nSPS) is 10.2. The molecule has 0 radical (unpaired) electrons. The monoisotopic (exact) mass is 349 g/mol. The highest BCUT2D eigenvalue weighted by molar-refractivity contribution is 5.97. The fraction of sp³-hybridized carbons (Fsp3) is 0.143. The lowest BCUT2D eigenvalue weighted by atomic mass is 9.97. The molecule has 132 valence electrons. The third kappa shape index (κ3) is 4.00. The van der Waals surface area contributed by atoms with Crippen molar-refractivity contribution < 1.29 is 19.0 Å². The van der Waals surface area contributed by atoms with Crippen LogP contribution in [0.5, 0.6) is 11.5 Å². The summed E-state index contributed by atoms with van der Waals surface area (Å²) in [5.41, 5.74) is 3.06. The maximum atomic E-state index is 12.2. The summed E-state index contributed by atoms with van der Waals surface area (Å²) in [6, 6.07) is 16.7. The Labute approximate surface area is 152 Å². The highest BCUT2D eigenvalue weighted by Gasteiger charge is 2.15. The first kappa shape index (κ1) is 17.5. The van der Waals surface area contributed by atoms with Gasteiger partial charge in [-0.15, -0.1) is 0 Å². The average molecular weight is 349 g/mol. The van der Waals surface area contributed by atoms with E-state index in [0.717, 1.165) is 22.4 Å². The van der Waals surface area contributed by atoms with Crippen molar-refractivity contribution in [3.63, 3.8) is 0 Å². The van der Waals surface area contributed by atoms with Gasteiger partial charge in [0.1, 0.15) is 18.1 Å². The van der Waals surface area contributed by atoms with E-state index in [-0.39, 0.29) is 5.97 Å². The predicted molar refractivity (Wildman–Crippen MR) is 98.3 cm³/mol. The molecule has 0 N–H and O–H groups in total. The van der Waals surface area contributed by atoms with E-state index in [1.807, 2.05) is 48.5 Å². The first-order chi connectivity index (χ1) is 12.7. The number of hydrogen-bond acceptors (Lipinski definition) is 5. The Bertz CT molecular complexity index is 894. The molecular formula is C21H19NO4. The largest absolute Gasteiger partial charge is 0.497 e. The lowest BCUT2D eigenvalue weighted by Crippen LogP contribution is -2.05. The van der Waals surface area contributed by atoms with E-state index in [9.17, 15) is 4.79 Å². The molecular weight excluding hydrogens is 330 g/mol. The zero-order valence-corrected chi connectivity index (χ0v) is 14.6. The minimum atomic E-state index is -0.387. The van der Waals surface area contributed by atoms with Crippen LogP contribution in [0.1, 0.15) is 15.9 Å². The fourth-order valence-electron chi connectivity index (χ4n) is 2.60. The van der Waals surface area contributed by atoms with Gasteiger partial charge < -0.3 is 14.2 Å². The summed E-state index contributed by atoms with van der Waals surface area (Å²) in [4.78, 5) is 16.2. The lowest BCUT2D eigenvalue weighted by Gasteiger charge is -2.12. The fourth-order valence-corrected chi connectivity index (χ4v) is 2.60. The molecule has 2 aromatic carbocycles. The van der Waals surface area contributed by atoms with Crippen molar-refractivity contribution in [1.29, 1.82) is 0 Å². The maximum absolute atomic E-state index is 12.2. The average Bonchev–Trinajstić information content (AvgIpc) is 2.72. The second kappa shape index (κ2) is 8.16. The number of ether oxygens (including phenoxy) is 3. The van der Waals surface area contributed by atoms with Crippen molar-refractivity contribution in [3.05, 3.63) is 78.1 Å². The summed E-state index contributed by atoms with van der Waals surface area (Å²) in [5.74, 6) is 1.02. The second-order valence-corrected chi connectivity index (χ2v) is 5.58. The standard InChI is InChI=1S/C21H19NO4/c1-24-17-6-3-5-16(12-17)20-11-15(8-9-19(20)21(23)25-2)14-26-18-7-4-10-22-13-18/h3-13H,14H2,1-2H3. The summed E-state index contributed by atoms with van der Waals surface area (Å²) in [5, 5.41) is 0. The van der Waals surface area contributed by atoms with Gasteiger partial charge in [0.25, 0.3) is 0 Å². The third-order valence-corrected chi connectivity index (χ3v) is 3.91. The number of nitrogens with zero attached hydrogens (tertiary/aromatic N) is 1. The topological polar surface area (TPSA) is 57.7 Å². The SMILES string of the molecule is COC(=O)c1ccc(COc2cccnc2)cc1-c1cccc(OC)c1. The van der Waals surface area contributed by atoms with Crippen molar-refractivity contribution in [2.24, 2.45) is 0 Å². The molecule has 1 heterocycles. The molecule has 0 saturated carbocycles. The zero-order chi connectivity index (χ0) is 18.4. The Morgan fingerprint density at radius 2 is 1.85 bits per heavy atom. The van der Waals surface area contributed by atoms with Crippen LogP contribution in [0.3, 0.4) is 0 Å². The van der Waals surface area contributed by atoms with Gasteiger partial charge in [-0.2, -0.15) is 0 Å². The zero-order valence-electron chi connectivity index (χ0n) is 14.6. The quantitative estimate of drug-likeness (QED) is 0.627. The van der Waals surface area contributed by atoms with Crippen molar-refractivity contribution in [3.8, 4) is 22.6 Å². The number of esters is 1. The summed E-state index contributed by atoms with van der Waals surface area (Å²) >= 11 is 0. The minimum absolute atomic E-state index is 0.365. The third-order valence-electron chi connectivity index (χ3n) is 3.91. The van der Waals surface area contributed by atoms with Gasteiger partial charge in [0, 0.05) is 6.20 Å². The van der Waals surface area contributed by atoms with E-state index in [1.165, 1.54) is 7.11 Å². The second-order valence-electron chi connectivity index (χ2n) is 5.58. The molecule has 5 nitrogen and oxygen atoms in total. The summed E-state index contributed by atoms with van der Waals surface area (Å²) < 4.78 is 16.0. The number of rotatable bonds is 6. The molecule has 26 heavy (non-hydrogen) atoms. The molecule has 3 aromatic rings. The van der Waals surface area contributed by atoms with Crippen LogP contribution in [0.4, 0.5) is 0 Å². The van der Waals surface area contributed by atoms with E-state index in [4.69, 9.17) is 14.2 Å². The van der Waals surface area contributed by atoms with Crippen LogP contribution in [0, 0.1) is 0 Å². The Morgan fingerprint density at radius 3 is 2.58 bits per heavy atom. The lowest BCUT2D eigenvalue weighted by molar-refractivity contribution is 0.0601. The number of methoxy groups -OCH3 is 2. The molecule has 0 amide bonds. The summed E-state index contributed by atoms with van der Waals surface area (Å²) in [7, 11) is 2.98. The first-order valence-electron chi connectivity index (χ1n) is 8.10. The van der Waals surface area contributed by atoms with Gasteiger partial charge in [-0.25, -0.2) is 4.79 Å². The van der Waals surface area contributed by atoms with Crippen LogP contribution < -0.4 is 9.47 Å². The van der Waals surface area contributed by atoms with Gasteiger partial charge in [0.05, 0.1) is 26.0 Å². The van der Waals surface area contributed by atoms with Gasteiger partial charge in [-0.3, -0.25) is 4.98 Å². The molecule has 0 unspecified atom stereocenters. The number of benzene rings is 2. The first-order valence-corrected chi connectivity index (χ1v) is 8.10. The van der Waals surface area contributed by atoms with Crippen molar-refractivity contribution >= 4 is 5.97 Å². The summed E-state index contributed by atoms with van der Waals surface area (Å²) in [6.45, 7) is 0.365. The molecule has 0 spiro atoms. The number of carbonyl (C=O) groups is 1. The molecule has 0 saturated heterocycles. The Morgan fingerprint density at radius 1 is 1.00 bits per heavy atom. The van der Waals surface area contributed by atoms with Crippen LogP contribution in [0.25, 0.3) is 11.1 Å². The Balaban J connectivity index is 1.94. The van der Waals surface area contributed by atoms with Gasteiger partial charge in [0.2, 0.25) is 0 Å². The van der Waals surface area contributed by atoms with Gasteiger partial charge in [-0.05, 0) is 53.1 Å². The minimum Gasteiger partial charge on any atom is -0.497 e. The van der Waals surface area contributed by atoms with Crippen molar-refractivity contribution in [2.45, 2.75) is 6.61 Å². The Hall–Kier alpha value is -3.34. The molecule has 0 bridgehead atoms. The Kier molecular flexibility index (Phi) is 5.49. The smallest absolute Gasteiger partial charge is 0.338 e.